The molecule has 0 aromatic carbocycles. The quantitative estimate of drug-likeness (QED) is 0.511. The number of fused-ring (bicyclic) bond motifs is 1. The van der Waals surface area contributed by atoms with Crippen LogP contribution in [0.15, 0.2) is 0 Å². The van der Waals surface area contributed by atoms with Crippen molar-refractivity contribution in [1.29, 1.82) is 0 Å². The number of aliphatic hydroxyl groups is 1. The van der Waals surface area contributed by atoms with Gasteiger partial charge < -0.3 is 10.0 Å². The number of hydrogen-bond donors (Lipinski definition) is 1. The summed E-state index contributed by atoms with van der Waals surface area (Å²) in [5, 5.41) is 9.34. The minimum absolute atomic E-state index is 0.191. The van der Waals surface area contributed by atoms with Crippen molar-refractivity contribution < 1.29 is 14.7 Å². The van der Waals surface area contributed by atoms with Crippen molar-refractivity contribution in [2.45, 2.75) is 25.0 Å². The van der Waals surface area contributed by atoms with Gasteiger partial charge in [0.15, 0.2) is 0 Å². The molecule has 0 radical (unpaired) electrons. The van der Waals surface area contributed by atoms with Gasteiger partial charge in [-0.05, 0) is 6.42 Å². The second-order valence-electron chi connectivity index (χ2n) is 3.57. The molecule has 5 heteroatoms. The number of likely N-dealkylation sites (N-methyl/N-ethyl adjacent to an activating group) is 1. The number of amides is 3. The third-order valence-corrected chi connectivity index (χ3v) is 2.72. The molecule has 2 saturated heterocycles. The Hall–Kier alpha value is -1.10. The summed E-state index contributed by atoms with van der Waals surface area (Å²) in [6.45, 7) is 0.487. The molecule has 5 nitrogen and oxygen atoms in total. The fourth-order valence-corrected chi connectivity index (χ4v) is 1.92. The average Bonchev–Trinajstić information content (AvgIpc) is 2.32. The van der Waals surface area contributed by atoms with Gasteiger partial charge in [0.25, 0.3) is 5.91 Å². The van der Waals surface area contributed by atoms with E-state index < -0.39 is 12.1 Å². The lowest BCUT2D eigenvalue weighted by Crippen LogP contribution is -2.43. The highest BCUT2D eigenvalue weighted by atomic mass is 16.3. The topological polar surface area (TPSA) is 60.9 Å². The van der Waals surface area contributed by atoms with Crippen LogP contribution in [0, 0.1) is 0 Å². The summed E-state index contributed by atoms with van der Waals surface area (Å²) < 4.78 is 0. The Bertz CT molecular complexity index is 266. The highest BCUT2D eigenvalue weighted by Crippen LogP contribution is 2.25. The molecule has 0 aliphatic carbocycles. The Morgan fingerprint density at radius 1 is 1.46 bits per heavy atom. The van der Waals surface area contributed by atoms with E-state index in [1.807, 2.05) is 0 Å². The minimum Gasteiger partial charge on any atom is -0.393 e. The Morgan fingerprint density at radius 2 is 2.15 bits per heavy atom. The Morgan fingerprint density at radius 3 is 2.85 bits per heavy atom. The van der Waals surface area contributed by atoms with Crippen molar-refractivity contribution >= 4 is 11.9 Å². The van der Waals surface area contributed by atoms with E-state index in [9.17, 15) is 14.7 Å². The molecule has 2 rings (SSSR count). The van der Waals surface area contributed by atoms with E-state index in [1.54, 1.807) is 0 Å². The molecule has 0 saturated carbocycles. The summed E-state index contributed by atoms with van der Waals surface area (Å²) in [5.41, 5.74) is 0. The van der Waals surface area contributed by atoms with Gasteiger partial charge >= 0.3 is 6.03 Å². The molecule has 0 unspecified atom stereocenters. The molecule has 1 N–H and O–H groups in total. The van der Waals surface area contributed by atoms with Crippen LogP contribution in [-0.4, -0.2) is 52.6 Å². The molecule has 2 aliphatic rings. The van der Waals surface area contributed by atoms with Crippen molar-refractivity contribution in [2.75, 3.05) is 13.6 Å². The van der Waals surface area contributed by atoms with Crippen LogP contribution in [0.5, 0.6) is 0 Å². The summed E-state index contributed by atoms with van der Waals surface area (Å²) in [7, 11) is 1.48. The van der Waals surface area contributed by atoms with Crippen LogP contribution in [0.1, 0.15) is 12.8 Å². The standard InChI is InChI=1S/C8H12N2O3/c1-9-7(12)6-4-5(11)2-3-10(6)8(9)13/h5-6,11H,2-4H2,1H3/t5-,6+/m1/s1. The van der Waals surface area contributed by atoms with Gasteiger partial charge in [0.2, 0.25) is 0 Å². The number of carbonyl (C=O) groups excluding carboxylic acids is 2. The maximum absolute atomic E-state index is 11.4. The lowest BCUT2D eigenvalue weighted by Gasteiger charge is -2.29. The molecule has 0 bridgehead atoms. The molecule has 72 valence electrons. The van der Waals surface area contributed by atoms with E-state index in [2.05, 4.69) is 0 Å². The van der Waals surface area contributed by atoms with Gasteiger partial charge in [0, 0.05) is 20.0 Å². The van der Waals surface area contributed by atoms with E-state index in [-0.39, 0.29) is 11.9 Å². The van der Waals surface area contributed by atoms with Crippen LogP contribution < -0.4 is 0 Å². The fourth-order valence-electron chi connectivity index (χ4n) is 1.92. The molecule has 0 spiro atoms. The summed E-state index contributed by atoms with van der Waals surface area (Å²) in [4.78, 5) is 25.5. The van der Waals surface area contributed by atoms with Gasteiger partial charge in [0.1, 0.15) is 6.04 Å². The summed E-state index contributed by atoms with van der Waals surface area (Å²) >= 11 is 0. The zero-order chi connectivity index (χ0) is 9.59. The van der Waals surface area contributed by atoms with Crippen LogP contribution in [-0.2, 0) is 4.79 Å². The van der Waals surface area contributed by atoms with E-state index in [0.717, 1.165) is 4.90 Å². The number of aliphatic hydroxyl groups excluding tert-OH is 1. The van der Waals surface area contributed by atoms with Crippen LogP contribution in [0.25, 0.3) is 0 Å². The zero-order valence-electron chi connectivity index (χ0n) is 7.43. The zero-order valence-corrected chi connectivity index (χ0v) is 7.43. The van der Waals surface area contributed by atoms with Gasteiger partial charge in [-0.15, -0.1) is 0 Å². The van der Waals surface area contributed by atoms with Crippen molar-refractivity contribution in [3.05, 3.63) is 0 Å². The fraction of sp³-hybridized carbons (Fsp3) is 0.750. The SMILES string of the molecule is CN1C(=O)[C@@H]2C[C@H](O)CCN2C1=O. The number of nitrogens with zero attached hydrogens (tertiary/aromatic N) is 2. The predicted molar refractivity (Wildman–Crippen MR) is 43.9 cm³/mol. The molecular formula is C8H12N2O3. The van der Waals surface area contributed by atoms with E-state index in [4.69, 9.17) is 0 Å². The largest absolute Gasteiger partial charge is 0.393 e. The number of hydrogen-bond acceptors (Lipinski definition) is 3. The minimum atomic E-state index is -0.440. The number of piperidine rings is 1. The molecule has 2 fully saturated rings. The normalized spacial score (nSPS) is 34.0. The molecule has 3 amide bonds. The van der Waals surface area contributed by atoms with E-state index >= 15 is 0 Å². The predicted octanol–water partition coefficient (Wildman–Crippen LogP) is -0.596. The molecule has 0 aromatic heterocycles. The first-order chi connectivity index (χ1) is 6.11. The van der Waals surface area contributed by atoms with Gasteiger partial charge in [0.05, 0.1) is 6.10 Å². The van der Waals surface area contributed by atoms with Crippen LogP contribution in [0.4, 0.5) is 4.79 Å². The van der Waals surface area contributed by atoms with Crippen LogP contribution in [0.3, 0.4) is 0 Å². The lowest BCUT2D eigenvalue weighted by atomic mass is 10.0. The highest BCUT2D eigenvalue weighted by Gasteiger charge is 2.45. The first kappa shape index (κ1) is 8.50. The van der Waals surface area contributed by atoms with Gasteiger partial charge in [-0.3, -0.25) is 9.69 Å². The van der Waals surface area contributed by atoms with Gasteiger partial charge in [-0.25, -0.2) is 4.79 Å². The molecule has 2 aliphatic heterocycles. The van der Waals surface area contributed by atoms with E-state index in [1.165, 1.54) is 11.9 Å². The maximum Gasteiger partial charge on any atom is 0.327 e. The molecule has 0 aromatic rings. The maximum atomic E-state index is 11.4. The Kier molecular flexibility index (Phi) is 1.76. The van der Waals surface area contributed by atoms with E-state index in [0.29, 0.717) is 19.4 Å². The third kappa shape index (κ3) is 1.11. The first-order valence-electron chi connectivity index (χ1n) is 4.37. The summed E-state index contributed by atoms with van der Waals surface area (Å²) in [6.07, 6.45) is 0.516. The molecule has 2 atom stereocenters. The number of urea groups is 1. The molecule has 13 heavy (non-hydrogen) atoms. The van der Waals surface area contributed by atoms with Crippen molar-refractivity contribution in [3.8, 4) is 0 Å². The number of rotatable bonds is 0. The monoisotopic (exact) mass is 184 g/mol. The van der Waals surface area contributed by atoms with Gasteiger partial charge in [-0.2, -0.15) is 0 Å². The molecule has 2 heterocycles. The number of carbonyl (C=O) groups is 2. The summed E-state index contributed by atoms with van der Waals surface area (Å²) in [5.74, 6) is -0.191. The number of imide groups is 1. The second-order valence-corrected chi connectivity index (χ2v) is 3.57. The lowest BCUT2D eigenvalue weighted by molar-refractivity contribution is -0.129. The highest BCUT2D eigenvalue weighted by molar-refractivity contribution is 6.04. The average molecular weight is 184 g/mol. The van der Waals surface area contributed by atoms with Crippen molar-refractivity contribution in [1.82, 2.24) is 9.80 Å². The summed E-state index contributed by atoms with van der Waals surface area (Å²) in [6, 6.07) is -0.650. The van der Waals surface area contributed by atoms with Crippen LogP contribution in [0.2, 0.25) is 0 Å². The van der Waals surface area contributed by atoms with Crippen molar-refractivity contribution in [2.24, 2.45) is 0 Å². The van der Waals surface area contributed by atoms with Crippen molar-refractivity contribution in [3.63, 3.8) is 0 Å². The van der Waals surface area contributed by atoms with Crippen LogP contribution >= 0.6 is 0 Å². The first-order valence-corrected chi connectivity index (χ1v) is 4.37. The Labute approximate surface area is 75.9 Å². The second kappa shape index (κ2) is 2.70. The Balaban J connectivity index is 2.22. The third-order valence-electron chi connectivity index (χ3n) is 2.72. The molecular weight excluding hydrogens is 172 g/mol. The van der Waals surface area contributed by atoms with Gasteiger partial charge in [-0.1, -0.05) is 0 Å². The smallest absolute Gasteiger partial charge is 0.327 e.